The van der Waals surface area contributed by atoms with Crippen molar-refractivity contribution in [3.8, 4) is 0 Å². The number of hydrogen-bond acceptors (Lipinski definition) is 2. The van der Waals surface area contributed by atoms with E-state index < -0.39 is 10.8 Å². The van der Waals surface area contributed by atoms with Gasteiger partial charge in [-0.1, -0.05) is 32.9 Å². The summed E-state index contributed by atoms with van der Waals surface area (Å²) in [5.41, 5.74) is 0.997. The molecule has 2 nitrogen and oxygen atoms in total. The average molecular weight is 260 g/mol. The van der Waals surface area contributed by atoms with Crippen molar-refractivity contribution < 1.29 is 8.95 Å². The predicted octanol–water partition coefficient (Wildman–Crippen LogP) is 3.54. The molecule has 0 aliphatic heterocycles. The zero-order chi connectivity index (χ0) is 13.9. The molecule has 0 amide bonds. The third kappa shape index (κ3) is 6.99. The lowest BCUT2D eigenvalue weighted by atomic mass is 9.90. The number of ether oxygens (including phenoxy) is 1. The molecule has 0 aliphatic rings. The van der Waals surface area contributed by atoms with Crippen molar-refractivity contribution in [1.82, 2.24) is 0 Å². The lowest BCUT2D eigenvalue weighted by Gasteiger charge is -2.32. The van der Waals surface area contributed by atoms with Crippen molar-refractivity contribution in [3.63, 3.8) is 0 Å². The van der Waals surface area contributed by atoms with Gasteiger partial charge in [0.1, 0.15) is 0 Å². The van der Waals surface area contributed by atoms with Crippen LogP contribution in [0.1, 0.15) is 48.5 Å². The second kappa shape index (κ2) is 6.14. The monoisotopic (exact) mass is 260 g/mol. The van der Waals surface area contributed by atoms with Crippen molar-refractivity contribution in [2.45, 2.75) is 59.3 Å². The standard InChI is InChI=1S/C14H28O2S/c1-11(2)9-16-12(13(3,4)5)10-17(15)14(6,7)8/h12H,1,9-10H2,2-8H3/t12-,17-/m0/s1. The van der Waals surface area contributed by atoms with Crippen LogP contribution in [0.5, 0.6) is 0 Å². The molecule has 0 aromatic heterocycles. The summed E-state index contributed by atoms with van der Waals surface area (Å²) in [4.78, 5) is 0. The molecular formula is C14H28O2S. The summed E-state index contributed by atoms with van der Waals surface area (Å²) < 4.78 is 17.8. The summed E-state index contributed by atoms with van der Waals surface area (Å²) in [6.45, 7) is 18.7. The van der Waals surface area contributed by atoms with E-state index in [9.17, 15) is 4.21 Å². The molecule has 2 atom stereocenters. The van der Waals surface area contributed by atoms with Crippen molar-refractivity contribution in [1.29, 1.82) is 0 Å². The topological polar surface area (TPSA) is 26.3 Å². The van der Waals surface area contributed by atoms with Gasteiger partial charge in [0, 0.05) is 15.5 Å². The Kier molecular flexibility index (Phi) is 6.09. The Morgan fingerprint density at radius 3 is 2.00 bits per heavy atom. The maximum atomic E-state index is 12.2. The first-order valence-corrected chi connectivity index (χ1v) is 7.41. The van der Waals surface area contributed by atoms with Gasteiger partial charge < -0.3 is 4.74 Å². The van der Waals surface area contributed by atoms with Gasteiger partial charge >= 0.3 is 0 Å². The van der Waals surface area contributed by atoms with Gasteiger partial charge in [0.15, 0.2) is 0 Å². The van der Waals surface area contributed by atoms with Gasteiger partial charge in [-0.3, -0.25) is 4.21 Å². The Morgan fingerprint density at radius 2 is 1.71 bits per heavy atom. The fraction of sp³-hybridized carbons (Fsp3) is 0.857. The van der Waals surface area contributed by atoms with Crippen LogP contribution in [0.15, 0.2) is 12.2 Å². The van der Waals surface area contributed by atoms with Crippen molar-refractivity contribution in [2.75, 3.05) is 12.4 Å². The first-order valence-electron chi connectivity index (χ1n) is 6.09. The number of rotatable bonds is 5. The molecule has 0 heterocycles. The summed E-state index contributed by atoms with van der Waals surface area (Å²) in [6, 6.07) is 0. The highest BCUT2D eigenvalue weighted by molar-refractivity contribution is 7.86. The Labute approximate surface area is 109 Å². The third-order valence-electron chi connectivity index (χ3n) is 2.48. The molecule has 0 saturated carbocycles. The van der Waals surface area contributed by atoms with E-state index in [1.165, 1.54) is 0 Å². The maximum Gasteiger partial charge on any atom is 0.0743 e. The Bertz CT molecular complexity index is 282. The van der Waals surface area contributed by atoms with Gasteiger partial charge in [-0.15, -0.1) is 0 Å². The molecule has 0 radical (unpaired) electrons. The van der Waals surface area contributed by atoms with Crippen molar-refractivity contribution in [2.24, 2.45) is 5.41 Å². The lowest BCUT2D eigenvalue weighted by molar-refractivity contribution is 0.0101. The van der Waals surface area contributed by atoms with Crippen LogP contribution in [0.3, 0.4) is 0 Å². The second-order valence-corrected chi connectivity index (χ2v) is 9.00. The smallest absolute Gasteiger partial charge is 0.0743 e. The van der Waals surface area contributed by atoms with Gasteiger partial charge in [-0.25, -0.2) is 0 Å². The summed E-state index contributed by atoms with van der Waals surface area (Å²) in [5, 5.41) is 0. The highest BCUT2D eigenvalue weighted by Crippen LogP contribution is 2.26. The summed E-state index contributed by atoms with van der Waals surface area (Å²) >= 11 is 0. The largest absolute Gasteiger partial charge is 0.372 e. The maximum absolute atomic E-state index is 12.2. The zero-order valence-corrected chi connectivity index (χ0v) is 13.2. The highest BCUT2D eigenvalue weighted by atomic mass is 32.2. The predicted molar refractivity (Wildman–Crippen MR) is 76.8 cm³/mol. The number of hydrogen-bond donors (Lipinski definition) is 0. The van der Waals surface area contributed by atoms with Crippen LogP contribution in [-0.2, 0) is 15.5 Å². The van der Waals surface area contributed by atoms with E-state index in [0.29, 0.717) is 12.4 Å². The molecule has 0 aromatic carbocycles. The van der Waals surface area contributed by atoms with Crippen LogP contribution in [0.25, 0.3) is 0 Å². The molecule has 0 aromatic rings. The average Bonchev–Trinajstić information content (AvgIpc) is 2.07. The Hall–Kier alpha value is -0.150. The summed E-state index contributed by atoms with van der Waals surface area (Å²) in [6.07, 6.45) is -0.000687. The summed E-state index contributed by atoms with van der Waals surface area (Å²) in [7, 11) is -0.883. The SMILES string of the molecule is C=C(C)CO[C@@H](C[S@](=O)C(C)(C)C)C(C)(C)C. The molecule has 102 valence electrons. The van der Waals surface area contributed by atoms with Crippen LogP contribution >= 0.6 is 0 Å². The van der Waals surface area contributed by atoms with Gasteiger partial charge in [-0.2, -0.15) is 0 Å². The first-order chi connectivity index (χ1) is 7.44. The van der Waals surface area contributed by atoms with E-state index in [0.717, 1.165) is 5.57 Å². The first kappa shape index (κ1) is 16.9. The molecule has 0 saturated heterocycles. The third-order valence-corrected chi connectivity index (χ3v) is 4.45. The van der Waals surface area contributed by atoms with E-state index in [2.05, 4.69) is 27.4 Å². The molecule has 0 unspecified atom stereocenters. The van der Waals surface area contributed by atoms with Gasteiger partial charge in [0.2, 0.25) is 0 Å². The van der Waals surface area contributed by atoms with Crippen molar-refractivity contribution >= 4 is 10.8 Å². The van der Waals surface area contributed by atoms with Gasteiger partial charge in [0.25, 0.3) is 0 Å². The molecule has 0 rings (SSSR count). The van der Waals surface area contributed by atoms with E-state index in [1.54, 1.807) is 0 Å². The van der Waals surface area contributed by atoms with Crippen molar-refractivity contribution in [3.05, 3.63) is 12.2 Å². The molecule has 0 fully saturated rings. The normalized spacial score (nSPS) is 16.6. The molecule has 17 heavy (non-hydrogen) atoms. The fourth-order valence-electron chi connectivity index (χ4n) is 1.18. The van der Waals surface area contributed by atoms with E-state index in [-0.39, 0.29) is 16.3 Å². The van der Waals surface area contributed by atoms with E-state index in [4.69, 9.17) is 4.74 Å². The Balaban J connectivity index is 4.62. The minimum atomic E-state index is -0.883. The molecule has 0 spiro atoms. The van der Waals surface area contributed by atoms with Crippen LogP contribution in [0.2, 0.25) is 0 Å². The van der Waals surface area contributed by atoms with Crippen LogP contribution < -0.4 is 0 Å². The lowest BCUT2D eigenvalue weighted by Crippen LogP contribution is -2.39. The van der Waals surface area contributed by atoms with Crippen LogP contribution in [-0.4, -0.2) is 27.4 Å². The molecular weight excluding hydrogens is 232 g/mol. The molecule has 0 aliphatic carbocycles. The highest BCUT2D eigenvalue weighted by Gasteiger charge is 2.31. The van der Waals surface area contributed by atoms with E-state index >= 15 is 0 Å². The zero-order valence-electron chi connectivity index (χ0n) is 12.4. The fourth-order valence-corrected chi connectivity index (χ4v) is 2.55. The Morgan fingerprint density at radius 1 is 1.24 bits per heavy atom. The van der Waals surface area contributed by atoms with Crippen LogP contribution in [0.4, 0.5) is 0 Å². The second-order valence-electron chi connectivity index (χ2n) is 6.75. The van der Waals surface area contributed by atoms with E-state index in [1.807, 2.05) is 27.7 Å². The van der Waals surface area contributed by atoms with Crippen LogP contribution in [0, 0.1) is 5.41 Å². The van der Waals surface area contributed by atoms with Gasteiger partial charge in [0.05, 0.1) is 18.5 Å². The molecule has 0 N–H and O–H groups in total. The summed E-state index contributed by atoms with van der Waals surface area (Å²) in [5.74, 6) is 0.584. The minimum Gasteiger partial charge on any atom is -0.372 e. The minimum absolute atomic E-state index is 0.000687. The molecule has 0 bridgehead atoms. The quantitative estimate of drug-likeness (QED) is 0.707. The molecule has 3 heteroatoms. The van der Waals surface area contributed by atoms with Gasteiger partial charge in [-0.05, 0) is 33.1 Å².